The predicted octanol–water partition coefficient (Wildman–Crippen LogP) is 2.36. The first-order valence-electron chi connectivity index (χ1n) is 9.31. The van der Waals surface area contributed by atoms with Gasteiger partial charge in [-0.2, -0.15) is 5.10 Å². The maximum Gasteiger partial charge on any atom is 0.350 e. The molecule has 1 aliphatic rings. The van der Waals surface area contributed by atoms with Gasteiger partial charge in [-0.15, -0.1) is 0 Å². The molecule has 7 heteroatoms. The quantitative estimate of drug-likeness (QED) is 0.714. The van der Waals surface area contributed by atoms with Crippen LogP contribution in [0.15, 0.2) is 41.2 Å². The van der Waals surface area contributed by atoms with Crippen molar-refractivity contribution in [2.75, 3.05) is 18.0 Å². The number of anilines is 1. The van der Waals surface area contributed by atoms with Crippen molar-refractivity contribution in [1.29, 1.82) is 0 Å². The SMILES string of the molecule is Cc1cc(C)nc(N2CCC[C@@H](c3nn(C)c(=O)n3-c3ccccc3)C2)n1. The van der Waals surface area contributed by atoms with E-state index in [0.29, 0.717) is 0 Å². The van der Waals surface area contributed by atoms with Crippen molar-refractivity contribution in [3.63, 3.8) is 0 Å². The second-order valence-corrected chi connectivity index (χ2v) is 7.17. The highest BCUT2D eigenvalue weighted by atomic mass is 16.2. The van der Waals surface area contributed by atoms with E-state index in [1.54, 1.807) is 11.6 Å². The number of hydrogen-bond donors (Lipinski definition) is 0. The fourth-order valence-corrected chi connectivity index (χ4v) is 3.79. The Labute approximate surface area is 158 Å². The van der Waals surface area contributed by atoms with E-state index < -0.39 is 0 Å². The van der Waals surface area contributed by atoms with Gasteiger partial charge in [0.2, 0.25) is 5.95 Å². The van der Waals surface area contributed by atoms with Crippen molar-refractivity contribution in [2.24, 2.45) is 7.05 Å². The van der Waals surface area contributed by atoms with Crippen LogP contribution in [0.1, 0.15) is 36.0 Å². The van der Waals surface area contributed by atoms with E-state index in [-0.39, 0.29) is 11.6 Å². The first-order chi connectivity index (χ1) is 13.0. The topological polar surface area (TPSA) is 68.8 Å². The average Bonchev–Trinajstić information content (AvgIpc) is 2.97. The van der Waals surface area contributed by atoms with Crippen LogP contribution < -0.4 is 10.6 Å². The number of benzene rings is 1. The summed E-state index contributed by atoms with van der Waals surface area (Å²) in [6, 6.07) is 11.7. The smallest absolute Gasteiger partial charge is 0.340 e. The molecule has 0 aliphatic carbocycles. The summed E-state index contributed by atoms with van der Waals surface area (Å²) in [4.78, 5) is 24.1. The predicted molar refractivity (Wildman–Crippen MR) is 104 cm³/mol. The van der Waals surface area contributed by atoms with Gasteiger partial charge in [0.05, 0.1) is 5.69 Å². The van der Waals surface area contributed by atoms with Gasteiger partial charge >= 0.3 is 5.69 Å². The summed E-state index contributed by atoms with van der Waals surface area (Å²) in [5.74, 6) is 1.72. The van der Waals surface area contributed by atoms with Gasteiger partial charge in [-0.05, 0) is 44.9 Å². The molecule has 1 saturated heterocycles. The zero-order chi connectivity index (χ0) is 19.0. The minimum absolute atomic E-state index is 0.115. The fraction of sp³-hybridized carbons (Fsp3) is 0.400. The molecule has 0 unspecified atom stereocenters. The van der Waals surface area contributed by atoms with Gasteiger partial charge in [0, 0.05) is 37.4 Å². The molecule has 27 heavy (non-hydrogen) atoms. The zero-order valence-corrected chi connectivity index (χ0v) is 16.0. The van der Waals surface area contributed by atoms with Crippen LogP contribution in [-0.4, -0.2) is 37.4 Å². The Hall–Kier alpha value is -2.96. The summed E-state index contributed by atoms with van der Waals surface area (Å²) < 4.78 is 3.16. The van der Waals surface area contributed by atoms with Crippen LogP contribution >= 0.6 is 0 Å². The Morgan fingerprint density at radius 3 is 2.48 bits per heavy atom. The maximum absolute atomic E-state index is 12.7. The summed E-state index contributed by atoms with van der Waals surface area (Å²) in [5.41, 5.74) is 2.68. The van der Waals surface area contributed by atoms with Crippen LogP contribution in [-0.2, 0) is 7.05 Å². The van der Waals surface area contributed by atoms with E-state index in [1.165, 1.54) is 4.68 Å². The standard InChI is InChI=1S/C20H24N6O/c1-14-12-15(2)22-19(21-14)25-11-7-8-16(13-25)18-23-24(3)20(27)26(18)17-9-5-4-6-10-17/h4-6,9-10,12,16H,7-8,11,13H2,1-3H3/t16-/m1/s1. The Morgan fingerprint density at radius 2 is 1.78 bits per heavy atom. The first kappa shape index (κ1) is 17.5. The van der Waals surface area contributed by atoms with Crippen LogP contribution in [0.3, 0.4) is 0 Å². The first-order valence-corrected chi connectivity index (χ1v) is 9.31. The number of aromatic nitrogens is 5. The molecule has 0 N–H and O–H groups in total. The van der Waals surface area contributed by atoms with E-state index in [4.69, 9.17) is 0 Å². The summed E-state index contributed by atoms with van der Waals surface area (Å²) in [6.07, 6.45) is 2.01. The third-order valence-electron chi connectivity index (χ3n) is 5.00. The van der Waals surface area contributed by atoms with Gasteiger partial charge in [0.1, 0.15) is 5.82 Å². The van der Waals surface area contributed by atoms with Crippen LogP contribution in [0.4, 0.5) is 5.95 Å². The lowest BCUT2D eigenvalue weighted by atomic mass is 9.97. The molecule has 0 bridgehead atoms. The molecule has 140 valence electrons. The van der Waals surface area contributed by atoms with E-state index in [1.807, 2.05) is 50.2 Å². The Bertz CT molecular complexity index is 987. The highest BCUT2D eigenvalue weighted by molar-refractivity contribution is 5.36. The van der Waals surface area contributed by atoms with E-state index in [2.05, 4.69) is 20.0 Å². The summed E-state index contributed by atoms with van der Waals surface area (Å²) in [6.45, 7) is 5.66. The molecule has 3 aromatic rings. The minimum atomic E-state index is -0.115. The van der Waals surface area contributed by atoms with Crippen LogP contribution in [0, 0.1) is 13.8 Å². The maximum atomic E-state index is 12.7. The Morgan fingerprint density at radius 1 is 1.07 bits per heavy atom. The molecule has 1 aromatic carbocycles. The normalized spacial score (nSPS) is 17.3. The second-order valence-electron chi connectivity index (χ2n) is 7.17. The number of piperidine rings is 1. The number of para-hydroxylation sites is 1. The monoisotopic (exact) mass is 364 g/mol. The van der Waals surface area contributed by atoms with Crippen LogP contribution in [0.25, 0.3) is 5.69 Å². The highest BCUT2D eigenvalue weighted by Crippen LogP contribution is 2.28. The molecule has 3 heterocycles. The lowest BCUT2D eigenvalue weighted by Gasteiger charge is -2.32. The van der Waals surface area contributed by atoms with Crippen LogP contribution in [0.2, 0.25) is 0 Å². The zero-order valence-electron chi connectivity index (χ0n) is 16.0. The van der Waals surface area contributed by atoms with E-state index in [0.717, 1.165) is 54.8 Å². The molecule has 0 amide bonds. The summed E-state index contributed by atoms with van der Waals surface area (Å²) >= 11 is 0. The van der Waals surface area contributed by atoms with Gasteiger partial charge in [-0.25, -0.2) is 24.0 Å². The Balaban J connectivity index is 1.70. The van der Waals surface area contributed by atoms with Crippen molar-refractivity contribution >= 4 is 5.95 Å². The largest absolute Gasteiger partial charge is 0.350 e. The molecular formula is C20H24N6O. The minimum Gasteiger partial charge on any atom is -0.340 e. The number of aryl methyl sites for hydroxylation is 3. The van der Waals surface area contributed by atoms with Crippen molar-refractivity contribution in [3.05, 3.63) is 64.1 Å². The van der Waals surface area contributed by atoms with Gasteiger partial charge in [-0.3, -0.25) is 0 Å². The Kier molecular flexibility index (Phi) is 4.51. The molecule has 0 radical (unpaired) electrons. The van der Waals surface area contributed by atoms with E-state index in [9.17, 15) is 4.79 Å². The summed E-state index contributed by atoms with van der Waals surface area (Å²) in [7, 11) is 1.71. The fourth-order valence-electron chi connectivity index (χ4n) is 3.79. The van der Waals surface area contributed by atoms with E-state index >= 15 is 0 Å². The lowest BCUT2D eigenvalue weighted by Crippen LogP contribution is -2.37. The lowest BCUT2D eigenvalue weighted by molar-refractivity contribution is 0.477. The molecule has 0 saturated carbocycles. The van der Waals surface area contributed by atoms with Crippen molar-refractivity contribution < 1.29 is 0 Å². The number of hydrogen-bond acceptors (Lipinski definition) is 5. The molecule has 4 rings (SSSR count). The average molecular weight is 364 g/mol. The number of nitrogens with zero attached hydrogens (tertiary/aromatic N) is 6. The van der Waals surface area contributed by atoms with Gasteiger partial charge in [0.15, 0.2) is 0 Å². The molecule has 1 aliphatic heterocycles. The van der Waals surface area contributed by atoms with Gasteiger partial charge in [-0.1, -0.05) is 18.2 Å². The van der Waals surface area contributed by atoms with Gasteiger partial charge < -0.3 is 4.90 Å². The van der Waals surface area contributed by atoms with Gasteiger partial charge in [0.25, 0.3) is 0 Å². The molecule has 1 atom stereocenters. The molecule has 7 nitrogen and oxygen atoms in total. The third-order valence-corrected chi connectivity index (χ3v) is 5.00. The van der Waals surface area contributed by atoms with Crippen molar-refractivity contribution in [3.8, 4) is 5.69 Å². The molecular weight excluding hydrogens is 340 g/mol. The van der Waals surface area contributed by atoms with Crippen molar-refractivity contribution in [2.45, 2.75) is 32.6 Å². The third kappa shape index (κ3) is 3.37. The van der Waals surface area contributed by atoms with Crippen molar-refractivity contribution in [1.82, 2.24) is 24.3 Å². The molecule has 2 aromatic heterocycles. The molecule has 1 fully saturated rings. The summed E-state index contributed by atoms with van der Waals surface area (Å²) in [5, 5.41) is 4.57. The second kappa shape index (κ2) is 6.98. The van der Waals surface area contributed by atoms with Crippen LogP contribution in [0.5, 0.6) is 0 Å². The highest BCUT2D eigenvalue weighted by Gasteiger charge is 2.28. The number of rotatable bonds is 3. The molecule has 0 spiro atoms.